The molecule has 0 saturated heterocycles. The Morgan fingerprint density at radius 1 is 1.27 bits per heavy atom. The molecule has 60 valence electrons. The van der Waals surface area contributed by atoms with Crippen LogP contribution in [0.4, 0.5) is 19.0 Å². The van der Waals surface area contributed by atoms with Crippen molar-refractivity contribution < 1.29 is 18.5 Å². The standard InChI is InChI=1S/C6H4F3NO/c7-4-2-1-3-5(6(4)11)10(8)9/h1-3,11H. The second-order valence-electron chi connectivity index (χ2n) is 1.84. The smallest absolute Gasteiger partial charge is 0.180 e. The maximum atomic E-state index is 12.3. The first-order chi connectivity index (χ1) is 5.13. The van der Waals surface area contributed by atoms with E-state index in [1.807, 2.05) is 0 Å². The van der Waals surface area contributed by atoms with E-state index < -0.39 is 22.6 Å². The third-order valence-corrected chi connectivity index (χ3v) is 1.15. The molecule has 11 heavy (non-hydrogen) atoms. The Bertz CT molecular complexity index is 264. The Morgan fingerprint density at radius 3 is 2.36 bits per heavy atom. The van der Waals surface area contributed by atoms with Gasteiger partial charge in [-0.25, -0.2) is 4.39 Å². The number of hydrogen-bond acceptors (Lipinski definition) is 2. The number of nitrogens with zero attached hydrogens (tertiary/aromatic N) is 1. The summed E-state index contributed by atoms with van der Waals surface area (Å²) in [7, 11) is 0. The molecule has 0 aliphatic carbocycles. The van der Waals surface area contributed by atoms with Crippen LogP contribution in [0.25, 0.3) is 0 Å². The van der Waals surface area contributed by atoms with Crippen LogP contribution in [0.3, 0.4) is 0 Å². The van der Waals surface area contributed by atoms with Crippen molar-refractivity contribution in [3.8, 4) is 5.75 Å². The number of para-hydroxylation sites is 1. The second-order valence-corrected chi connectivity index (χ2v) is 1.84. The molecule has 0 saturated carbocycles. The molecule has 0 spiro atoms. The summed E-state index contributed by atoms with van der Waals surface area (Å²) in [5.74, 6) is -2.11. The SMILES string of the molecule is Oc1c(F)cccc1N(F)F. The van der Waals surface area contributed by atoms with E-state index in [4.69, 9.17) is 5.11 Å². The van der Waals surface area contributed by atoms with Crippen molar-refractivity contribution in [2.45, 2.75) is 0 Å². The fourth-order valence-electron chi connectivity index (χ4n) is 0.640. The number of phenols is 1. The van der Waals surface area contributed by atoms with Crippen molar-refractivity contribution in [3.05, 3.63) is 24.0 Å². The molecule has 0 bridgehead atoms. The minimum atomic E-state index is -1.35. The molecule has 0 unspecified atom stereocenters. The molecule has 1 N–H and O–H groups in total. The summed E-state index contributed by atoms with van der Waals surface area (Å²) in [6, 6.07) is 2.87. The van der Waals surface area contributed by atoms with E-state index >= 15 is 0 Å². The fraction of sp³-hybridized carbons (Fsp3) is 0. The van der Waals surface area contributed by atoms with Gasteiger partial charge in [0, 0.05) is 0 Å². The van der Waals surface area contributed by atoms with Gasteiger partial charge in [0.1, 0.15) is 5.69 Å². The summed E-state index contributed by atoms with van der Waals surface area (Å²) in [6.45, 7) is 0. The lowest BCUT2D eigenvalue weighted by molar-refractivity contribution is 0.230. The van der Waals surface area contributed by atoms with Gasteiger partial charge >= 0.3 is 0 Å². The maximum Gasteiger partial charge on any atom is 0.180 e. The normalized spacial score (nSPS) is 9.73. The highest BCUT2D eigenvalue weighted by molar-refractivity contribution is 5.54. The number of halogens is 3. The molecular formula is C6H4F3NO. The van der Waals surface area contributed by atoms with Crippen LogP contribution >= 0.6 is 0 Å². The van der Waals surface area contributed by atoms with Gasteiger partial charge < -0.3 is 5.11 Å². The Hall–Kier alpha value is -1.39. The van der Waals surface area contributed by atoms with Gasteiger partial charge in [-0.1, -0.05) is 15.0 Å². The number of anilines is 1. The van der Waals surface area contributed by atoms with Crippen LogP contribution in [-0.2, 0) is 0 Å². The molecule has 0 atom stereocenters. The highest BCUT2D eigenvalue weighted by atomic mass is 19.4. The zero-order chi connectivity index (χ0) is 8.43. The third-order valence-electron chi connectivity index (χ3n) is 1.15. The molecule has 0 aliphatic heterocycles. The van der Waals surface area contributed by atoms with Crippen molar-refractivity contribution in [1.82, 2.24) is 0 Å². The van der Waals surface area contributed by atoms with Gasteiger partial charge in [0.2, 0.25) is 0 Å². The molecular weight excluding hydrogens is 159 g/mol. The average molecular weight is 163 g/mol. The molecule has 0 heterocycles. The summed E-state index contributed by atoms with van der Waals surface area (Å²) < 4.78 is 35.8. The lowest BCUT2D eigenvalue weighted by atomic mass is 10.3. The van der Waals surface area contributed by atoms with Crippen molar-refractivity contribution in [3.63, 3.8) is 0 Å². The summed E-state index contributed by atoms with van der Waals surface area (Å²) in [6.07, 6.45) is 0. The van der Waals surface area contributed by atoms with Gasteiger partial charge in [-0.15, -0.1) is 0 Å². The Labute approximate surface area is 60.4 Å². The topological polar surface area (TPSA) is 23.5 Å². The van der Waals surface area contributed by atoms with Crippen LogP contribution < -0.4 is 5.34 Å². The molecule has 0 amide bonds. The van der Waals surface area contributed by atoms with E-state index in [1.54, 1.807) is 0 Å². The quantitative estimate of drug-likeness (QED) is 0.641. The van der Waals surface area contributed by atoms with Gasteiger partial charge in [0.15, 0.2) is 11.6 Å². The summed E-state index contributed by atoms with van der Waals surface area (Å²) in [5, 5.41) is 7.32. The number of rotatable bonds is 1. The molecule has 0 radical (unpaired) electrons. The van der Waals surface area contributed by atoms with Crippen molar-refractivity contribution in [2.24, 2.45) is 0 Å². The van der Waals surface area contributed by atoms with E-state index in [0.717, 1.165) is 18.2 Å². The highest BCUT2D eigenvalue weighted by Gasteiger charge is 2.12. The summed E-state index contributed by atoms with van der Waals surface area (Å²) in [5.41, 5.74) is -0.843. The van der Waals surface area contributed by atoms with Gasteiger partial charge in [0.05, 0.1) is 0 Å². The van der Waals surface area contributed by atoms with Gasteiger partial charge in [-0.05, 0) is 17.5 Å². The molecule has 0 fully saturated rings. The molecule has 1 aromatic carbocycles. The monoisotopic (exact) mass is 163 g/mol. The Kier molecular flexibility index (Phi) is 1.89. The average Bonchev–Trinajstić information content (AvgIpc) is 1.94. The molecule has 0 aromatic heterocycles. The first kappa shape index (κ1) is 7.71. The number of hydrogen-bond donors (Lipinski definition) is 1. The van der Waals surface area contributed by atoms with Crippen molar-refractivity contribution >= 4 is 5.69 Å². The van der Waals surface area contributed by atoms with Crippen molar-refractivity contribution in [2.75, 3.05) is 5.34 Å². The predicted octanol–water partition coefficient (Wildman–Crippen LogP) is 2.11. The van der Waals surface area contributed by atoms with Gasteiger partial charge in [0.25, 0.3) is 0 Å². The molecule has 1 aromatic rings. The zero-order valence-electron chi connectivity index (χ0n) is 5.26. The van der Waals surface area contributed by atoms with Gasteiger partial charge in [-0.3, -0.25) is 0 Å². The largest absolute Gasteiger partial charge is 0.503 e. The second kappa shape index (κ2) is 2.69. The minimum Gasteiger partial charge on any atom is -0.503 e. The fourth-order valence-corrected chi connectivity index (χ4v) is 0.640. The predicted molar refractivity (Wildman–Crippen MR) is 32.8 cm³/mol. The molecule has 5 heteroatoms. The van der Waals surface area contributed by atoms with Crippen LogP contribution in [0.15, 0.2) is 18.2 Å². The third kappa shape index (κ3) is 1.36. The van der Waals surface area contributed by atoms with Crippen LogP contribution in [0.1, 0.15) is 0 Å². The summed E-state index contributed by atoms with van der Waals surface area (Å²) >= 11 is 0. The van der Waals surface area contributed by atoms with Crippen LogP contribution in [0.2, 0.25) is 0 Å². The number of phenolic OH excluding ortho intramolecular Hbond substituents is 1. The Balaban J connectivity index is 3.17. The van der Waals surface area contributed by atoms with E-state index in [1.165, 1.54) is 0 Å². The first-order valence-corrected chi connectivity index (χ1v) is 2.72. The lowest BCUT2D eigenvalue weighted by Gasteiger charge is -2.03. The van der Waals surface area contributed by atoms with Crippen molar-refractivity contribution in [1.29, 1.82) is 0 Å². The number of aromatic hydroxyl groups is 1. The summed E-state index contributed by atoms with van der Waals surface area (Å²) in [4.78, 5) is 0. The molecule has 1 rings (SSSR count). The van der Waals surface area contributed by atoms with E-state index in [-0.39, 0.29) is 0 Å². The van der Waals surface area contributed by atoms with Gasteiger partial charge in [-0.2, -0.15) is 0 Å². The van der Waals surface area contributed by atoms with Crippen LogP contribution in [0, 0.1) is 5.82 Å². The molecule has 2 nitrogen and oxygen atoms in total. The maximum absolute atomic E-state index is 12.3. The molecule has 0 aliphatic rings. The zero-order valence-corrected chi connectivity index (χ0v) is 5.26. The van der Waals surface area contributed by atoms with E-state index in [0.29, 0.717) is 0 Å². The highest BCUT2D eigenvalue weighted by Crippen LogP contribution is 2.29. The van der Waals surface area contributed by atoms with Crippen LogP contribution in [0.5, 0.6) is 5.75 Å². The minimum absolute atomic E-state index is 0.843. The lowest BCUT2D eigenvalue weighted by Crippen LogP contribution is -1.96. The van der Waals surface area contributed by atoms with E-state index in [9.17, 15) is 13.4 Å². The van der Waals surface area contributed by atoms with E-state index in [2.05, 4.69) is 0 Å². The Morgan fingerprint density at radius 2 is 1.91 bits per heavy atom. The number of benzene rings is 1. The first-order valence-electron chi connectivity index (χ1n) is 2.72. The van der Waals surface area contributed by atoms with Crippen LogP contribution in [-0.4, -0.2) is 5.11 Å².